The van der Waals surface area contributed by atoms with Crippen molar-refractivity contribution in [2.75, 3.05) is 5.32 Å². The summed E-state index contributed by atoms with van der Waals surface area (Å²) in [5.41, 5.74) is 0.591. The lowest BCUT2D eigenvalue weighted by molar-refractivity contribution is -0.384. The molecule has 15 heavy (non-hydrogen) atoms. The fourth-order valence-corrected chi connectivity index (χ4v) is 1.58. The van der Waals surface area contributed by atoms with E-state index in [-0.39, 0.29) is 10.6 Å². The first-order valence-electron chi connectivity index (χ1n) is 5.11. The van der Waals surface area contributed by atoms with Gasteiger partial charge in [-0.1, -0.05) is 0 Å². The highest BCUT2D eigenvalue weighted by atomic mass is 16.6. The summed E-state index contributed by atoms with van der Waals surface area (Å²) in [6.45, 7) is 4.24. The van der Waals surface area contributed by atoms with Crippen molar-refractivity contribution in [1.82, 2.24) is 9.78 Å². The zero-order valence-electron chi connectivity index (χ0n) is 8.86. The van der Waals surface area contributed by atoms with Gasteiger partial charge in [-0.25, -0.2) is 4.68 Å². The molecule has 1 fully saturated rings. The average Bonchev–Trinajstić information content (AvgIpc) is 2.90. The molecule has 1 aromatic heterocycles. The molecule has 82 valence electrons. The molecule has 2 rings (SSSR count). The van der Waals surface area contributed by atoms with Gasteiger partial charge >= 0.3 is 5.69 Å². The van der Waals surface area contributed by atoms with Crippen LogP contribution in [-0.4, -0.2) is 20.7 Å². The summed E-state index contributed by atoms with van der Waals surface area (Å²) in [4.78, 5) is 10.5. The van der Waals surface area contributed by atoms with Gasteiger partial charge in [-0.2, -0.15) is 5.10 Å². The lowest BCUT2D eigenvalue weighted by atomic mass is 10.4. The Hall–Kier alpha value is -1.59. The first-order chi connectivity index (χ1) is 7.13. The Morgan fingerprint density at radius 2 is 2.33 bits per heavy atom. The molecule has 0 spiro atoms. The van der Waals surface area contributed by atoms with Crippen molar-refractivity contribution >= 4 is 11.5 Å². The van der Waals surface area contributed by atoms with Crippen molar-refractivity contribution in [3.63, 3.8) is 0 Å². The number of rotatable bonds is 4. The van der Waals surface area contributed by atoms with Gasteiger partial charge in [-0.15, -0.1) is 0 Å². The monoisotopic (exact) mass is 210 g/mol. The first kappa shape index (κ1) is 9.95. The van der Waals surface area contributed by atoms with E-state index >= 15 is 0 Å². The summed E-state index contributed by atoms with van der Waals surface area (Å²) in [5.74, 6) is 0.558. The van der Waals surface area contributed by atoms with Gasteiger partial charge in [0.2, 0.25) is 5.82 Å². The molecule has 0 bridgehead atoms. The van der Waals surface area contributed by atoms with E-state index in [2.05, 4.69) is 10.4 Å². The molecule has 6 heteroatoms. The van der Waals surface area contributed by atoms with Crippen LogP contribution < -0.4 is 5.32 Å². The molecule has 0 unspecified atom stereocenters. The molecule has 1 heterocycles. The van der Waals surface area contributed by atoms with Crippen molar-refractivity contribution in [2.45, 2.75) is 39.3 Å². The Kier molecular flexibility index (Phi) is 2.34. The minimum atomic E-state index is -0.362. The number of hydrogen-bond acceptors (Lipinski definition) is 4. The number of nitro groups is 1. The zero-order valence-corrected chi connectivity index (χ0v) is 8.86. The predicted octanol–water partition coefficient (Wildman–Crippen LogP) is 1.69. The van der Waals surface area contributed by atoms with Crippen LogP contribution in [0.1, 0.15) is 25.5 Å². The Morgan fingerprint density at radius 1 is 1.67 bits per heavy atom. The Bertz CT molecular complexity index is 395. The van der Waals surface area contributed by atoms with Gasteiger partial charge in [-0.3, -0.25) is 10.1 Å². The van der Waals surface area contributed by atoms with Crippen molar-refractivity contribution in [3.8, 4) is 0 Å². The molecule has 0 aromatic carbocycles. The van der Waals surface area contributed by atoms with Crippen LogP contribution in [0.25, 0.3) is 0 Å². The minimum Gasteiger partial charge on any atom is -0.362 e. The molecule has 1 saturated carbocycles. The van der Waals surface area contributed by atoms with Crippen molar-refractivity contribution in [3.05, 3.63) is 15.8 Å². The van der Waals surface area contributed by atoms with Crippen LogP contribution in [0.5, 0.6) is 0 Å². The van der Waals surface area contributed by atoms with Crippen LogP contribution in [0.15, 0.2) is 0 Å². The van der Waals surface area contributed by atoms with Gasteiger partial charge in [0.05, 0.1) is 4.92 Å². The molecule has 0 amide bonds. The number of aryl methyl sites for hydroxylation is 2. The van der Waals surface area contributed by atoms with Gasteiger partial charge in [-0.05, 0) is 26.7 Å². The molecule has 1 aliphatic carbocycles. The summed E-state index contributed by atoms with van der Waals surface area (Å²) in [5, 5.41) is 18.2. The van der Waals surface area contributed by atoms with E-state index in [9.17, 15) is 10.1 Å². The van der Waals surface area contributed by atoms with Crippen molar-refractivity contribution in [2.24, 2.45) is 0 Å². The lowest BCUT2D eigenvalue weighted by Crippen LogP contribution is -2.09. The van der Waals surface area contributed by atoms with E-state index in [0.29, 0.717) is 24.1 Å². The van der Waals surface area contributed by atoms with E-state index in [1.807, 2.05) is 6.92 Å². The lowest BCUT2D eigenvalue weighted by Gasteiger charge is -2.05. The third-order valence-corrected chi connectivity index (χ3v) is 2.50. The summed E-state index contributed by atoms with van der Waals surface area (Å²) in [6, 6.07) is 0.394. The standard InChI is InChI=1S/C9H14N4O2/c1-3-12-9(10-7-4-5-7)8(13(14)15)6(2)11-12/h7,10H,3-5H2,1-2H3. The first-order valence-corrected chi connectivity index (χ1v) is 5.11. The molecule has 1 N–H and O–H groups in total. The average molecular weight is 210 g/mol. The van der Waals surface area contributed by atoms with Gasteiger partial charge in [0.15, 0.2) is 0 Å². The van der Waals surface area contributed by atoms with Gasteiger partial charge in [0, 0.05) is 12.6 Å². The normalized spacial score (nSPS) is 15.3. The Labute approximate surface area is 87.4 Å². The SMILES string of the molecule is CCn1nc(C)c([N+](=O)[O-])c1NC1CC1. The van der Waals surface area contributed by atoms with Crippen LogP contribution >= 0.6 is 0 Å². The molecule has 0 aliphatic heterocycles. The summed E-state index contributed by atoms with van der Waals surface area (Å²) in [6.07, 6.45) is 2.18. The largest absolute Gasteiger partial charge is 0.362 e. The molecular weight excluding hydrogens is 196 g/mol. The molecule has 0 radical (unpaired) electrons. The third-order valence-electron chi connectivity index (χ3n) is 2.50. The number of aromatic nitrogens is 2. The van der Waals surface area contributed by atoms with Crippen LogP contribution in [-0.2, 0) is 6.54 Å². The molecule has 6 nitrogen and oxygen atoms in total. The second kappa shape index (κ2) is 3.52. The van der Waals surface area contributed by atoms with Crippen LogP contribution in [0.2, 0.25) is 0 Å². The summed E-state index contributed by atoms with van der Waals surface area (Å²) < 4.78 is 1.66. The van der Waals surface area contributed by atoms with Gasteiger partial charge < -0.3 is 5.32 Å². The second-order valence-corrected chi connectivity index (χ2v) is 3.77. The fourth-order valence-electron chi connectivity index (χ4n) is 1.58. The van der Waals surface area contributed by atoms with Gasteiger partial charge in [0.25, 0.3) is 0 Å². The van der Waals surface area contributed by atoms with Crippen molar-refractivity contribution in [1.29, 1.82) is 0 Å². The Morgan fingerprint density at radius 3 is 2.80 bits per heavy atom. The summed E-state index contributed by atoms with van der Waals surface area (Å²) in [7, 11) is 0. The molecule has 1 aromatic rings. The second-order valence-electron chi connectivity index (χ2n) is 3.77. The number of nitrogens with zero attached hydrogens (tertiary/aromatic N) is 3. The maximum Gasteiger partial charge on any atom is 0.333 e. The minimum absolute atomic E-state index is 0.115. The molecule has 0 saturated heterocycles. The molecule has 1 aliphatic rings. The zero-order chi connectivity index (χ0) is 11.0. The maximum atomic E-state index is 10.9. The van der Waals surface area contributed by atoms with Crippen LogP contribution in [0.3, 0.4) is 0 Å². The highest BCUT2D eigenvalue weighted by Gasteiger charge is 2.30. The van der Waals surface area contributed by atoms with E-state index in [0.717, 1.165) is 12.8 Å². The fraction of sp³-hybridized carbons (Fsp3) is 0.667. The third kappa shape index (κ3) is 1.79. The van der Waals surface area contributed by atoms with E-state index in [4.69, 9.17) is 0 Å². The number of hydrogen-bond donors (Lipinski definition) is 1. The quantitative estimate of drug-likeness (QED) is 0.606. The van der Waals surface area contributed by atoms with E-state index in [1.165, 1.54) is 0 Å². The molecule has 0 atom stereocenters. The molecular formula is C9H14N4O2. The topological polar surface area (TPSA) is 73.0 Å². The number of nitrogens with one attached hydrogen (secondary N) is 1. The number of anilines is 1. The van der Waals surface area contributed by atoms with Gasteiger partial charge in [0.1, 0.15) is 5.69 Å². The van der Waals surface area contributed by atoms with Crippen molar-refractivity contribution < 1.29 is 4.92 Å². The van der Waals surface area contributed by atoms with E-state index in [1.54, 1.807) is 11.6 Å². The van der Waals surface area contributed by atoms with Crippen LogP contribution in [0, 0.1) is 17.0 Å². The highest BCUT2D eigenvalue weighted by Crippen LogP contribution is 2.32. The van der Waals surface area contributed by atoms with E-state index < -0.39 is 0 Å². The highest BCUT2D eigenvalue weighted by molar-refractivity contribution is 5.60. The summed E-state index contributed by atoms with van der Waals surface area (Å²) >= 11 is 0. The van der Waals surface area contributed by atoms with Crippen LogP contribution in [0.4, 0.5) is 11.5 Å². The Balaban J connectivity index is 2.39. The smallest absolute Gasteiger partial charge is 0.333 e. The predicted molar refractivity (Wildman–Crippen MR) is 55.9 cm³/mol. The maximum absolute atomic E-state index is 10.9.